The number of hydrazine groups is 1. The molecule has 2 atom stereocenters. The van der Waals surface area contributed by atoms with Gasteiger partial charge in [-0.05, 0) is 17.7 Å². The van der Waals surface area contributed by atoms with Crippen LogP contribution in [0.1, 0.15) is 17.3 Å². The van der Waals surface area contributed by atoms with Crippen LogP contribution in [-0.4, -0.2) is 29.4 Å². The van der Waals surface area contributed by atoms with Crippen molar-refractivity contribution in [2.24, 2.45) is 5.92 Å². The Kier molecular flexibility index (Phi) is 4.46. The second-order valence-corrected chi connectivity index (χ2v) is 5.54. The van der Waals surface area contributed by atoms with E-state index >= 15 is 0 Å². The fourth-order valence-electron chi connectivity index (χ4n) is 2.80. The van der Waals surface area contributed by atoms with Crippen molar-refractivity contribution in [3.63, 3.8) is 0 Å². The Morgan fingerprint density at radius 2 is 2.00 bits per heavy atom. The van der Waals surface area contributed by atoms with Gasteiger partial charge in [-0.15, -0.1) is 0 Å². The normalized spacial score (nSPS) is 20.8. The Labute approximate surface area is 130 Å². The van der Waals surface area contributed by atoms with Crippen LogP contribution in [-0.2, 0) is 11.3 Å². The van der Waals surface area contributed by atoms with Crippen LogP contribution in [0, 0.1) is 5.92 Å². The summed E-state index contributed by atoms with van der Waals surface area (Å²) >= 11 is 0. The molecule has 1 fully saturated rings. The van der Waals surface area contributed by atoms with Crippen molar-refractivity contribution in [3.8, 4) is 0 Å². The average molecular weight is 296 g/mol. The van der Waals surface area contributed by atoms with Gasteiger partial charge in [0.1, 0.15) is 0 Å². The summed E-state index contributed by atoms with van der Waals surface area (Å²) in [6.07, 6.45) is 1.75. The van der Waals surface area contributed by atoms with Crippen molar-refractivity contribution < 1.29 is 4.79 Å². The summed E-state index contributed by atoms with van der Waals surface area (Å²) in [5, 5.41) is 0. The molecule has 2 aromatic rings. The Hall–Kier alpha value is -2.24. The summed E-state index contributed by atoms with van der Waals surface area (Å²) in [5.41, 5.74) is 8.34. The number of rotatable bonds is 4. The van der Waals surface area contributed by atoms with Crippen molar-refractivity contribution in [1.82, 2.24) is 20.7 Å². The Morgan fingerprint density at radius 1 is 1.23 bits per heavy atom. The van der Waals surface area contributed by atoms with Gasteiger partial charge in [0.25, 0.3) is 0 Å². The molecule has 2 N–H and O–H groups in total. The summed E-state index contributed by atoms with van der Waals surface area (Å²) in [4.78, 5) is 18.8. The quantitative estimate of drug-likeness (QED) is 0.898. The van der Waals surface area contributed by atoms with Crippen LogP contribution >= 0.6 is 0 Å². The molecule has 0 radical (unpaired) electrons. The van der Waals surface area contributed by atoms with Gasteiger partial charge in [0, 0.05) is 19.8 Å². The van der Waals surface area contributed by atoms with Gasteiger partial charge in [-0.3, -0.25) is 15.2 Å². The molecule has 1 aromatic heterocycles. The number of amides is 1. The van der Waals surface area contributed by atoms with E-state index in [-0.39, 0.29) is 17.9 Å². The lowest BCUT2D eigenvalue weighted by atomic mass is 9.94. The summed E-state index contributed by atoms with van der Waals surface area (Å²) in [5.74, 6) is 0.00752. The van der Waals surface area contributed by atoms with E-state index in [9.17, 15) is 4.79 Å². The molecule has 5 heteroatoms. The van der Waals surface area contributed by atoms with Gasteiger partial charge in [-0.25, -0.2) is 5.43 Å². The highest BCUT2D eigenvalue weighted by Crippen LogP contribution is 2.26. The van der Waals surface area contributed by atoms with Gasteiger partial charge in [0.15, 0.2) is 0 Å². The second kappa shape index (κ2) is 6.68. The van der Waals surface area contributed by atoms with Crippen molar-refractivity contribution in [3.05, 3.63) is 66.0 Å². The third-order valence-electron chi connectivity index (χ3n) is 3.96. The first-order valence-electron chi connectivity index (χ1n) is 7.44. The fourth-order valence-corrected chi connectivity index (χ4v) is 2.80. The first-order valence-corrected chi connectivity index (χ1v) is 7.44. The van der Waals surface area contributed by atoms with Gasteiger partial charge in [0.2, 0.25) is 5.91 Å². The minimum atomic E-state index is -0.115. The molecule has 1 aliphatic rings. The molecular formula is C17H20N4O. The van der Waals surface area contributed by atoms with Crippen LogP contribution in [0.2, 0.25) is 0 Å². The van der Waals surface area contributed by atoms with E-state index in [0.717, 1.165) is 11.3 Å². The molecule has 1 aliphatic heterocycles. The lowest BCUT2D eigenvalue weighted by Gasteiger charge is -2.24. The van der Waals surface area contributed by atoms with Gasteiger partial charge in [-0.1, -0.05) is 36.4 Å². The molecule has 2 heterocycles. The number of pyridine rings is 1. The van der Waals surface area contributed by atoms with Crippen LogP contribution in [0.15, 0.2) is 54.7 Å². The van der Waals surface area contributed by atoms with Crippen molar-refractivity contribution in [1.29, 1.82) is 0 Å². The van der Waals surface area contributed by atoms with Crippen molar-refractivity contribution >= 4 is 5.91 Å². The van der Waals surface area contributed by atoms with Gasteiger partial charge in [0.05, 0.1) is 24.2 Å². The summed E-state index contributed by atoms with van der Waals surface area (Å²) in [7, 11) is 1.83. The number of benzene rings is 1. The molecule has 0 saturated carbocycles. The van der Waals surface area contributed by atoms with Gasteiger partial charge < -0.3 is 4.90 Å². The summed E-state index contributed by atoms with van der Waals surface area (Å²) in [6.45, 7) is 1.16. The van der Waals surface area contributed by atoms with Crippen molar-refractivity contribution in [2.75, 3.05) is 13.6 Å². The lowest BCUT2D eigenvalue weighted by molar-refractivity contribution is -0.134. The fraction of sp³-hybridized carbons (Fsp3) is 0.294. The third-order valence-corrected chi connectivity index (χ3v) is 3.96. The van der Waals surface area contributed by atoms with E-state index in [4.69, 9.17) is 0 Å². The molecule has 1 aromatic carbocycles. The molecule has 2 unspecified atom stereocenters. The van der Waals surface area contributed by atoms with E-state index in [1.54, 1.807) is 11.1 Å². The third kappa shape index (κ3) is 3.16. The molecule has 5 nitrogen and oxygen atoms in total. The van der Waals surface area contributed by atoms with E-state index < -0.39 is 0 Å². The average Bonchev–Trinajstić information content (AvgIpc) is 3.05. The molecule has 1 saturated heterocycles. The summed E-state index contributed by atoms with van der Waals surface area (Å²) < 4.78 is 0. The van der Waals surface area contributed by atoms with Gasteiger partial charge >= 0.3 is 0 Å². The van der Waals surface area contributed by atoms with Crippen LogP contribution in [0.5, 0.6) is 0 Å². The van der Waals surface area contributed by atoms with Crippen LogP contribution in [0.4, 0.5) is 0 Å². The first-order chi connectivity index (χ1) is 10.8. The number of hydrogen-bond donors (Lipinski definition) is 2. The second-order valence-electron chi connectivity index (χ2n) is 5.54. The number of hydrogen-bond acceptors (Lipinski definition) is 4. The monoisotopic (exact) mass is 296 g/mol. The van der Waals surface area contributed by atoms with E-state index in [0.29, 0.717) is 13.1 Å². The number of nitrogens with zero attached hydrogens (tertiary/aromatic N) is 2. The maximum Gasteiger partial charge on any atom is 0.229 e. The topological polar surface area (TPSA) is 57.3 Å². The minimum absolute atomic E-state index is 0.000109. The molecule has 114 valence electrons. The predicted octanol–water partition coefficient (Wildman–Crippen LogP) is 1.51. The van der Waals surface area contributed by atoms with Crippen LogP contribution < -0.4 is 10.9 Å². The van der Waals surface area contributed by atoms with E-state index in [2.05, 4.69) is 15.8 Å². The van der Waals surface area contributed by atoms with E-state index in [1.807, 2.05) is 55.6 Å². The van der Waals surface area contributed by atoms with Gasteiger partial charge in [-0.2, -0.15) is 0 Å². The largest absolute Gasteiger partial charge is 0.340 e. The minimum Gasteiger partial charge on any atom is -0.340 e. The molecule has 0 aliphatic carbocycles. The molecule has 3 rings (SSSR count). The lowest BCUT2D eigenvalue weighted by Crippen LogP contribution is -2.36. The Bertz CT molecular complexity index is 617. The SMILES string of the molecule is CN(Cc1ccccn1)C(=O)C1CNNC1c1ccccc1. The highest BCUT2D eigenvalue weighted by molar-refractivity contribution is 5.80. The molecule has 22 heavy (non-hydrogen) atoms. The standard InChI is InChI=1S/C17H20N4O/c1-21(12-14-9-5-6-10-18-14)17(22)15-11-19-20-16(15)13-7-3-2-4-8-13/h2-10,15-16,19-20H,11-12H2,1H3. The van der Waals surface area contributed by atoms with Crippen LogP contribution in [0.3, 0.4) is 0 Å². The maximum atomic E-state index is 12.8. The van der Waals surface area contributed by atoms with Crippen LogP contribution in [0.25, 0.3) is 0 Å². The summed E-state index contributed by atoms with van der Waals surface area (Å²) in [6, 6.07) is 15.8. The molecule has 0 spiro atoms. The number of carbonyl (C=O) groups is 1. The highest BCUT2D eigenvalue weighted by Gasteiger charge is 2.35. The predicted molar refractivity (Wildman–Crippen MR) is 84.5 cm³/mol. The maximum absolute atomic E-state index is 12.8. The first kappa shape index (κ1) is 14.7. The van der Waals surface area contributed by atoms with Crippen molar-refractivity contribution in [2.45, 2.75) is 12.6 Å². The smallest absolute Gasteiger partial charge is 0.229 e. The van der Waals surface area contributed by atoms with E-state index in [1.165, 1.54) is 0 Å². The Balaban J connectivity index is 1.71. The number of nitrogens with one attached hydrogen (secondary N) is 2. The molecule has 1 amide bonds. The zero-order valence-electron chi connectivity index (χ0n) is 12.6. The highest BCUT2D eigenvalue weighted by atomic mass is 16.2. The number of aromatic nitrogens is 1. The zero-order chi connectivity index (χ0) is 15.4. The molecular weight excluding hydrogens is 276 g/mol. The molecule has 0 bridgehead atoms. The number of carbonyl (C=O) groups excluding carboxylic acids is 1. The Morgan fingerprint density at radius 3 is 2.73 bits per heavy atom. The zero-order valence-corrected chi connectivity index (χ0v) is 12.6.